The summed E-state index contributed by atoms with van der Waals surface area (Å²) in [6, 6.07) is 6.20. The van der Waals surface area contributed by atoms with Crippen molar-refractivity contribution in [3.8, 4) is 5.75 Å². The van der Waals surface area contributed by atoms with Gasteiger partial charge in [-0.15, -0.1) is 0 Å². The second kappa shape index (κ2) is 4.97. The molecule has 5 heteroatoms. The van der Waals surface area contributed by atoms with Crippen LogP contribution in [0, 0.1) is 0 Å². The van der Waals surface area contributed by atoms with Gasteiger partial charge < -0.3 is 14.9 Å². The smallest absolute Gasteiger partial charge is 0.376 e. The zero-order valence-corrected chi connectivity index (χ0v) is 8.51. The first-order chi connectivity index (χ1) is 7.54. The highest BCUT2D eigenvalue weighted by atomic mass is 16.5. The molecule has 0 aromatic heterocycles. The number of carbonyl (C=O) groups is 2. The van der Waals surface area contributed by atoms with Gasteiger partial charge in [0.15, 0.2) is 0 Å². The number of carbonyl (C=O) groups excluding carboxylic acids is 1. The van der Waals surface area contributed by atoms with Gasteiger partial charge in [0.2, 0.25) is 0 Å². The number of aliphatic hydroxyl groups excluding tert-OH is 1. The molecule has 0 spiro atoms. The lowest BCUT2D eigenvalue weighted by Gasteiger charge is -2.01. The molecule has 0 aliphatic carbocycles. The van der Waals surface area contributed by atoms with E-state index in [0.717, 1.165) is 0 Å². The number of rotatable bonds is 4. The van der Waals surface area contributed by atoms with Crippen molar-refractivity contribution in [2.45, 2.75) is 0 Å². The Kier molecular flexibility index (Phi) is 3.66. The quantitative estimate of drug-likeness (QED) is 0.455. The number of hydrogen-bond donors (Lipinski definition) is 2. The van der Waals surface area contributed by atoms with Crippen LogP contribution in [0.25, 0.3) is 5.76 Å². The van der Waals surface area contributed by atoms with Crippen molar-refractivity contribution in [1.29, 1.82) is 0 Å². The highest BCUT2D eigenvalue weighted by Gasteiger charge is 2.10. The van der Waals surface area contributed by atoms with E-state index in [4.69, 9.17) is 9.84 Å². The van der Waals surface area contributed by atoms with Crippen LogP contribution in [0.1, 0.15) is 5.56 Å². The SMILES string of the molecule is COc1ccc(C(O)=CC(=O)C(=O)O)cc1. The van der Waals surface area contributed by atoms with E-state index in [1.54, 1.807) is 12.1 Å². The van der Waals surface area contributed by atoms with Crippen LogP contribution in [-0.2, 0) is 9.59 Å². The van der Waals surface area contributed by atoms with Crippen LogP contribution >= 0.6 is 0 Å². The Labute approximate surface area is 91.6 Å². The molecular formula is C11H10O5. The zero-order chi connectivity index (χ0) is 12.1. The molecule has 0 aliphatic heterocycles. The molecular weight excluding hydrogens is 212 g/mol. The van der Waals surface area contributed by atoms with E-state index < -0.39 is 17.5 Å². The van der Waals surface area contributed by atoms with Crippen molar-refractivity contribution in [1.82, 2.24) is 0 Å². The van der Waals surface area contributed by atoms with Gasteiger partial charge in [-0.2, -0.15) is 0 Å². The van der Waals surface area contributed by atoms with Crippen LogP contribution in [0.3, 0.4) is 0 Å². The number of aliphatic carboxylic acids is 1. The maximum Gasteiger partial charge on any atom is 0.376 e. The summed E-state index contributed by atoms with van der Waals surface area (Å²) in [4.78, 5) is 21.0. The van der Waals surface area contributed by atoms with Crippen LogP contribution in [0.2, 0.25) is 0 Å². The van der Waals surface area contributed by atoms with E-state index in [2.05, 4.69) is 0 Å². The Balaban J connectivity index is 2.91. The predicted octanol–water partition coefficient (Wildman–Crippen LogP) is 1.25. The van der Waals surface area contributed by atoms with Crippen molar-refractivity contribution in [3.63, 3.8) is 0 Å². The molecule has 0 atom stereocenters. The fraction of sp³-hybridized carbons (Fsp3) is 0.0909. The van der Waals surface area contributed by atoms with Gasteiger partial charge in [0.05, 0.1) is 7.11 Å². The Morgan fingerprint density at radius 3 is 2.19 bits per heavy atom. The first-order valence-corrected chi connectivity index (χ1v) is 4.37. The number of ketones is 1. The van der Waals surface area contributed by atoms with E-state index in [-0.39, 0.29) is 0 Å². The van der Waals surface area contributed by atoms with E-state index >= 15 is 0 Å². The van der Waals surface area contributed by atoms with Gasteiger partial charge in [0, 0.05) is 11.6 Å². The average Bonchev–Trinajstić information content (AvgIpc) is 2.28. The summed E-state index contributed by atoms with van der Waals surface area (Å²) in [6.07, 6.45) is 0.657. The topological polar surface area (TPSA) is 83.8 Å². The Morgan fingerprint density at radius 1 is 1.19 bits per heavy atom. The molecule has 1 aromatic rings. The minimum absolute atomic E-state index is 0.343. The second-order valence-corrected chi connectivity index (χ2v) is 2.93. The first kappa shape index (κ1) is 11.8. The van der Waals surface area contributed by atoms with Crippen LogP contribution in [0.5, 0.6) is 5.75 Å². The predicted molar refractivity (Wildman–Crippen MR) is 56.2 cm³/mol. The third-order valence-electron chi connectivity index (χ3n) is 1.86. The molecule has 5 nitrogen and oxygen atoms in total. The minimum Gasteiger partial charge on any atom is -0.507 e. The van der Waals surface area contributed by atoms with Gasteiger partial charge in [-0.1, -0.05) is 0 Å². The van der Waals surface area contributed by atoms with Crippen LogP contribution in [0.4, 0.5) is 0 Å². The fourth-order valence-corrected chi connectivity index (χ4v) is 1.03. The summed E-state index contributed by atoms with van der Waals surface area (Å²) in [5.41, 5.74) is 0.343. The van der Waals surface area contributed by atoms with Crippen molar-refractivity contribution < 1.29 is 24.5 Å². The molecule has 0 fully saturated rings. The summed E-state index contributed by atoms with van der Waals surface area (Å²) in [7, 11) is 1.50. The lowest BCUT2D eigenvalue weighted by Crippen LogP contribution is -2.09. The monoisotopic (exact) mass is 222 g/mol. The minimum atomic E-state index is -1.61. The van der Waals surface area contributed by atoms with Crippen LogP contribution in [0.15, 0.2) is 30.3 Å². The zero-order valence-electron chi connectivity index (χ0n) is 8.51. The highest BCUT2D eigenvalue weighted by molar-refractivity contribution is 6.38. The van der Waals surface area contributed by atoms with E-state index in [1.807, 2.05) is 0 Å². The molecule has 0 aliphatic rings. The molecule has 1 rings (SSSR count). The fourth-order valence-electron chi connectivity index (χ4n) is 1.03. The van der Waals surface area contributed by atoms with Gasteiger partial charge >= 0.3 is 5.97 Å². The normalized spacial score (nSPS) is 10.9. The third-order valence-corrected chi connectivity index (χ3v) is 1.86. The average molecular weight is 222 g/mol. The first-order valence-electron chi connectivity index (χ1n) is 4.37. The third kappa shape index (κ3) is 2.84. The molecule has 0 amide bonds. The number of aliphatic hydroxyl groups is 1. The molecule has 0 saturated heterocycles. The molecule has 0 saturated carbocycles. The number of ether oxygens (including phenoxy) is 1. The highest BCUT2D eigenvalue weighted by Crippen LogP contribution is 2.16. The number of carboxylic acid groups (broad SMARTS) is 1. The van der Waals surface area contributed by atoms with E-state index in [9.17, 15) is 14.7 Å². The van der Waals surface area contributed by atoms with Crippen molar-refractivity contribution in [2.75, 3.05) is 7.11 Å². The molecule has 1 aromatic carbocycles. The number of carboxylic acids is 1. The summed E-state index contributed by atoms with van der Waals surface area (Å²) >= 11 is 0. The lowest BCUT2D eigenvalue weighted by atomic mass is 10.1. The molecule has 2 N–H and O–H groups in total. The van der Waals surface area contributed by atoms with Crippen molar-refractivity contribution in [3.05, 3.63) is 35.9 Å². The van der Waals surface area contributed by atoms with Gasteiger partial charge in [-0.05, 0) is 24.3 Å². The second-order valence-electron chi connectivity index (χ2n) is 2.93. The maximum atomic E-state index is 10.8. The van der Waals surface area contributed by atoms with E-state index in [1.165, 1.54) is 19.2 Å². The van der Waals surface area contributed by atoms with E-state index in [0.29, 0.717) is 17.4 Å². The van der Waals surface area contributed by atoms with Gasteiger partial charge in [-0.25, -0.2) is 4.79 Å². The molecule has 0 heterocycles. The number of hydrogen-bond acceptors (Lipinski definition) is 4. The largest absolute Gasteiger partial charge is 0.507 e. The van der Waals surface area contributed by atoms with Crippen molar-refractivity contribution >= 4 is 17.5 Å². The Bertz CT molecular complexity index is 430. The van der Waals surface area contributed by atoms with Crippen LogP contribution < -0.4 is 4.74 Å². The number of methoxy groups -OCH3 is 1. The molecule has 0 bridgehead atoms. The summed E-state index contributed by atoms with van der Waals surface area (Å²) in [6.45, 7) is 0. The summed E-state index contributed by atoms with van der Waals surface area (Å²) in [5, 5.41) is 17.8. The molecule has 84 valence electrons. The van der Waals surface area contributed by atoms with Gasteiger partial charge in [-0.3, -0.25) is 4.79 Å². The summed E-state index contributed by atoms with van der Waals surface area (Å²) < 4.78 is 4.91. The van der Waals surface area contributed by atoms with Gasteiger partial charge in [0.1, 0.15) is 11.5 Å². The molecule has 0 radical (unpaired) electrons. The van der Waals surface area contributed by atoms with Crippen LogP contribution in [-0.4, -0.2) is 29.1 Å². The maximum absolute atomic E-state index is 10.8. The van der Waals surface area contributed by atoms with Crippen molar-refractivity contribution in [2.24, 2.45) is 0 Å². The summed E-state index contributed by atoms with van der Waals surface area (Å²) in [5.74, 6) is -2.58. The van der Waals surface area contributed by atoms with Gasteiger partial charge in [0.25, 0.3) is 5.78 Å². The number of benzene rings is 1. The Morgan fingerprint density at radius 2 is 1.75 bits per heavy atom. The standard InChI is InChI=1S/C11H10O5/c1-16-8-4-2-7(3-5-8)9(12)6-10(13)11(14)15/h2-6,12H,1H3,(H,14,15). The lowest BCUT2D eigenvalue weighted by molar-refractivity contribution is -0.146. The molecule has 0 unspecified atom stereocenters. The Hall–Kier alpha value is -2.30. The molecule has 16 heavy (non-hydrogen) atoms.